The number of carboxylic acid groups (broad SMARTS) is 10. The van der Waals surface area contributed by atoms with Crippen molar-refractivity contribution in [2.24, 2.45) is 0 Å². The molecule has 8 aromatic carbocycles. The van der Waals surface area contributed by atoms with Gasteiger partial charge >= 0.3 is 75.1 Å². The first kappa shape index (κ1) is 69.5. The quantitative estimate of drug-likeness (QED) is 0.0584. The first-order valence-electron chi connectivity index (χ1n) is 31.9. The number of hydrogen-bond donors (Lipinski definition) is 12. The Bertz CT molecular complexity index is 6770. The van der Waals surface area contributed by atoms with Crippen LogP contribution in [0.2, 0.25) is 0 Å². The number of H-pyrrole nitrogens is 4. The van der Waals surface area contributed by atoms with E-state index in [0.29, 0.717) is 55.1 Å². The minimum absolute atomic E-state index is 0. The Hall–Kier alpha value is -15.9. The Morgan fingerprint density at radius 3 is 0.721 bits per heavy atom. The second kappa shape index (κ2) is 25.7. The Morgan fingerprint density at radius 2 is 0.450 bits per heavy atom. The molecule has 37 heteroatoms. The van der Waals surface area contributed by atoms with Crippen LogP contribution in [0.25, 0.3) is 179 Å². The summed E-state index contributed by atoms with van der Waals surface area (Å²) >= 11 is 0. The molecular formula is C74H34N16O20Pb. The maximum absolute atomic E-state index is 13.0. The molecule has 12 N–H and O–H groups in total. The Balaban J connectivity index is 0.000000167. The number of carbonyl (C=O) groups excluding carboxylic acids is 2. The van der Waals surface area contributed by atoms with Gasteiger partial charge in [0.2, 0.25) is 0 Å². The molecule has 0 spiro atoms. The van der Waals surface area contributed by atoms with Gasteiger partial charge in [-0.25, -0.2) is 98.2 Å². The summed E-state index contributed by atoms with van der Waals surface area (Å²) in [6, 6.07) is 36.3. The number of aromatic carboxylic acids is 10. The van der Waals surface area contributed by atoms with Gasteiger partial charge in [-0.3, -0.25) is 0 Å². The van der Waals surface area contributed by atoms with E-state index in [0.717, 1.165) is 0 Å². The SMILES string of the molecule is O=C(O)c1cccc2c1-c1nc-2nc2[nH]c(nc3nc(nc4[nH]c(n1)c1c(C(=O)O)c(C(=O)O)c(C(=O)O)c(C(=O)[O-])c41)-c1ccccc1-3)c1ccccc21.O=C(O)c1cccc2c1-c1nc-2nc2[nH]c(nc3nc(nc4[nH]c(n1)c1c(C(=O)O)c(C(=O)O)c(C(=O)O)c(C(=O)[O-])c41)-c1ccccc1-3)c1ccccc21.[Pb+2]. The van der Waals surface area contributed by atoms with E-state index in [2.05, 4.69) is 59.8 Å². The molecule has 0 fully saturated rings. The van der Waals surface area contributed by atoms with Crippen molar-refractivity contribution in [3.05, 3.63) is 189 Å². The summed E-state index contributed by atoms with van der Waals surface area (Å²) in [5.74, 6) is -20.0. The second-order valence-electron chi connectivity index (χ2n) is 24.4. The van der Waals surface area contributed by atoms with Gasteiger partial charge in [-0.2, -0.15) is 0 Å². The van der Waals surface area contributed by atoms with Crippen molar-refractivity contribution in [2.75, 3.05) is 0 Å². The molecule has 6 aromatic heterocycles. The third-order valence-corrected chi connectivity index (χ3v) is 18.4. The summed E-state index contributed by atoms with van der Waals surface area (Å²) in [6.07, 6.45) is 0. The third kappa shape index (κ3) is 10.8. The number of aromatic nitrogens is 16. The van der Waals surface area contributed by atoms with E-state index in [-0.39, 0.29) is 119 Å². The molecule has 0 saturated heterocycles. The summed E-state index contributed by atoms with van der Waals surface area (Å²) < 4.78 is 0. The zero-order chi connectivity index (χ0) is 76.9. The van der Waals surface area contributed by atoms with Crippen LogP contribution in [0.1, 0.15) is 104 Å². The molecule has 14 aromatic rings. The first-order chi connectivity index (χ1) is 52.8. The van der Waals surface area contributed by atoms with Crippen LogP contribution in [-0.4, -0.2) is 208 Å². The average Bonchev–Trinajstić information content (AvgIpc) is 1.62. The summed E-state index contributed by atoms with van der Waals surface area (Å²) in [5, 5.41) is 108. The first-order valence-corrected chi connectivity index (χ1v) is 31.9. The number of nitrogens with zero attached hydrogens (tertiary/aromatic N) is 12. The van der Waals surface area contributed by atoms with Crippen LogP contribution in [0.4, 0.5) is 0 Å². The molecule has 111 heavy (non-hydrogen) atoms. The van der Waals surface area contributed by atoms with E-state index in [9.17, 15) is 99.0 Å². The van der Waals surface area contributed by atoms with Crippen molar-refractivity contribution in [1.29, 1.82) is 0 Å². The fraction of sp³-hybridized carbons (Fsp3) is 0. The molecule has 0 aliphatic carbocycles. The maximum Gasteiger partial charge on any atom is 2.00 e. The van der Waals surface area contributed by atoms with Crippen LogP contribution in [0.3, 0.4) is 0 Å². The largest absolute Gasteiger partial charge is 2.00 e. The average molecular weight is 1670 g/mol. The summed E-state index contributed by atoms with van der Waals surface area (Å²) in [4.78, 5) is 195. The molecule has 18 rings (SSSR count). The van der Waals surface area contributed by atoms with E-state index in [1.165, 1.54) is 36.4 Å². The van der Waals surface area contributed by atoms with Gasteiger partial charge in [0.05, 0.1) is 56.4 Å². The van der Waals surface area contributed by atoms with Crippen molar-refractivity contribution >= 4 is 175 Å². The van der Waals surface area contributed by atoms with E-state index in [4.69, 9.17) is 19.9 Å². The van der Waals surface area contributed by atoms with Crippen molar-refractivity contribution in [3.8, 4) is 91.1 Å². The van der Waals surface area contributed by atoms with E-state index >= 15 is 0 Å². The van der Waals surface area contributed by atoms with Crippen molar-refractivity contribution in [3.63, 3.8) is 0 Å². The topological polar surface area (TPSA) is 596 Å². The molecule has 36 nitrogen and oxygen atoms in total. The normalized spacial score (nSPS) is 11.5. The van der Waals surface area contributed by atoms with Crippen LogP contribution in [-0.2, 0) is 0 Å². The second-order valence-corrected chi connectivity index (χ2v) is 24.4. The van der Waals surface area contributed by atoms with Gasteiger partial charge in [-0.15, -0.1) is 0 Å². The number of aromatic amines is 4. The standard InChI is InChI=1S/2C37H18N8O10.Pb/c2*46-33(47)17-11-5-10-16-18(17)30-43-29(16)41-27-13-7-2-1-6-12(13)25(39-27)38-26-14-8-3-4-9-15(14)28(40-26)42-31-19-20(32(44-30)45-31)22(35(50)51)24(37(54)55)23(36(52)53)21(19)34(48)49;/h2*1-11H,(H,46,47)(H,48,49)(H,50,51)(H,52,53)(H,54,55)(H2,38,39,40,41,42,43,44,45);/q;;+2/p-2. The van der Waals surface area contributed by atoms with Gasteiger partial charge < -0.3 is 80.6 Å². The molecule has 4 aliphatic heterocycles. The molecule has 0 unspecified atom stereocenters. The number of fused-ring (bicyclic) bond motifs is 40. The number of nitrogens with one attached hydrogen (secondary N) is 4. The van der Waals surface area contributed by atoms with Crippen LogP contribution >= 0.6 is 0 Å². The Kier molecular flexibility index (Phi) is 16.1. The molecule has 0 atom stereocenters. The Labute approximate surface area is 630 Å². The fourth-order valence-electron chi connectivity index (χ4n) is 14.0. The Morgan fingerprint density at radius 1 is 0.234 bits per heavy atom. The number of rotatable bonds is 10. The van der Waals surface area contributed by atoms with Crippen molar-refractivity contribution < 1.29 is 99.0 Å². The van der Waals surface area contributed by atoms with Gasteiger partial charge in [-0.1, -0.05) is 121 Å². The number of carbonyl (C=O) groups is 10. The molecule has 0 saturated carbocycles. The molecular weight excluding hydrogens is 1640 g/mol. The van der Waals surface area contributed by atoms with Gasteiger partial charge in [0.15, 0.2) is 46.6 Å². The van der Waals surface area contributed by atoms with E-state index in [1.54, 1.807) is 97.1 Å². The molecule has 4 aliphatic rings. The van der Waals surface area contributed by atoms with Crippen LogP contribution < -0.4 is 10.2 Å². The van der Waals surface area contributed by atoms with Gasteiger partial charge in [0.1, 0.15) is 45.2 Å². The van der Waals surface area contributed by atoms with Crippen LogP contribution in [0.15, 0.2) is 133 Å². The molecule has 534 valence electrons. The number of hydrogen-bond acceptors (Lipinski definition) is 24. The van der Waals surface area contributed by atoms with Crippen LogP contribution in [0.5, 0.6) is 0 Å². The van der Waals surface area contributed by atoms with Gasteiger partial charge in [0, 0.05) is 98.7 Å². The van der Waals surface area contributed by atoms with Crippen molar-refractivity contribution in [2.45, 2.75) is 0 Å². The summed E-state index contributed by atoms with van der Waals surface area (Å²) in [6.45, 7) is 0. The number of benzene rings is 8. The van der Waals surface area contributed by atoms with E-state index < -0.39 is 148 Å². The minimum Gasteiger partial charge on any atom is -0.545 e. The summed E-state index contributed by atoms with van der Waals surface area (Å²) in [5.41, 5.74) is -9.72. The zero-order valence-electron chi connectivity index (χ0n) is 55.0. The van der Waals surface area contributed by atoms with Gasteiger partial charge in [-0.05, 0) is 12.1 Å². The molecule has 0 amide bonds. The minimum atomic E-state index is -2.17. The molecule has 16 bridgehead atoms. The monoisotopic (exact) mass is 1670 g/mol. The zero-order valence-corrected chi connectivity index (χ0v) is 58.9. The predicted molar refractivity (Wildman–Crippen MR) is 382 cm³/mol. The smallest absolute Gasteiger partial charge is 0.545 e. The van der Waals surface area contributed by atoms with E-state index in [1.807, 2.05) is 0 Å². The fourth-order valence-corrected chi connectivity index (χ4v) is 14.0. The number of carboxylic acids is 10. The third-order valence-electron chi connectivity index (χ3n) is 18.4. The summed E-state index contributed by atoms with van der Waals surface area (Å²) in [7, 11) is 0. The van der Waals surface area contributed by atoms with Gasteiger partial charge in [0.25, 0.3) is 0 Å². The van der Waals surface area contributed by atoms with Crippen molar-refractivity contribution in [1.82, 2.24) is 79.7 Å². The molecule has 2 radical (unpaired) electrons. The molecule has 10 heterocycles. The maximum atomic E-state index is 13.0. The predicted octanol–water partition coefficient (Wildman–Crippen LogP) is 7.67. The van der Waals surface area contributed by atoms with Crippen LogP contribution in [0, 0.1) is 0 Å².